The summed E-state index contributed by atoms with van der Waals surface area (Å²) in [4.78, 5) is 26.0. The molecule has 2 aromatic carbocycles. The van der Waals surface area contributed by atoms with Gasteiger partial charge in [-0.1, -0.05) is 6.92 Å². The fraction of sp³-hybridized carbons (Fsp3) is 0.333. The minimum atomic E-state index is -4.88. The van der Waals surface area contributed by atoms with Crippen LogP contribution in [0, 0.1) is 12.7 Å². The van der Waals surface area contributed by atoms with Crippen molar-refractivity contribution in [3.63, 3.8) is 0 Å². The van der Waals surface area contributed by atoms with Gasteiger partial charge >= 0.3 is 12.3 Å². The Morgan fingerprint density at radius 2 is 1.71 bits per heavy atom. The van der Waals surface area contributed by atoms with Crippen molar-refractivity contribution in [1.29, 1.82) is 0 Å². The highest BCUT2D eigenvalue weighted by Gasteiger charge is 2.32. The standard InChI is InChI=1S/C24H23F4NO5/c1-5-12(2)33-23(32)13(3)19-14(4)29(17-10-11-18(30)21(25)20(17)19)22(31)15-6-8-16(9-7-15)34-24(26,27)28/h6-13,30H,5H2,1-4H3. The molecule has 1 N–H and O–H groups in total. The van der Waals surface area contributed by atoms with E-state index in [4.69, 9.17) is 4.74 Å². The lowest BCUT2D eigenvalue weighted by molar-refractivity contribution is -0.274. The summed E-state index contributed by atoms with van der Waals surface area (Å²) in [5.41, 5.74) is 0.492. The van der Waals surface area contributed by atoms with E-state index >= 15 is 4.39 Å². The molecule has 0 saturated heterocycles. The molecule has 2 unspecified atom stereocenters. The maximum atomic E-state index is 15.0. The zero-order valence-electron chi connectivity index (χ0n) is 18.9. The quantitative estimate of drug-likeness (QED) is 0.354. The molecule has 0 bridgehead atoms. The lowest BCUT2D eigenvalue weighted by Gasteiger charge is -2.16. The van der Waals surface area contributed by atoms with Crippen LogP contribution in [0.1, 0.15) is 54.7 Å². The van der Waals surface area contributed by atoms with Gasteiger partial charge in [0.25, 0.3) is 5.91 Å². The fourth-order valence-corrected chi connectivity index (χ4v) is 3.70. The van der Waals surface area contributed by atoms with Gasteiger partial charge in [-0.25, -0.2) is 4.39 Å². The van der Waals surface area contributed by atoms with Crippen molar-refractivity contribution in [2.45, 2.75) is 52.5 Å². The van der Waals surface area contributed by atoms with Crippen molar-refractivity contribution >= 4 is 22.8 Å². The zero-order valence-corrected chi connectivity index (χ0v) is 18.9. The van der Waals surface area contributed by atoms with E-state index in [0.29, 0.717) is 6.42 Å². The number of carbonyl (C=O) groups excluding carboxylic acids is 2. The number of benzene rings is 2. The first-order valence-electron chi connectivity index (χ1n) is 10.5. The van der Waals surface area contributed by atoms with Crippen molar-refractivity contribution in [2.24, 2.45) is 0 Å². The number of aromatic nitrogens is 1. The number of ether oxygens (including phenoxy) is 2. The molecular formula is C24H23F4NO5. The molecule has 0 aliphatic rings. The number of alkyl halides is 3. The molecule has 0 saturated carbocycles. The molecule has 6 nitrogen and oxygen atoms in total. The predicted molar refractivity (Wildman–Crippen MR) is 115 cm³/mol. The van der Waals surface area contributed by atoms with Gasteiger partial charge in [-0.05, 0) is 69.2 Å². The van der Waals surface area contributed by atoms with Gasteiger partial charge in [-0.15, -0.1) is 13.2 Å². The number of hydrogen-bond donors (Lipinski definition) is 1. The third-order valence-electron chi connectivity index (χ3n) is 5.55. The Bertz CT molecular complexity index is 1230. The van der Waals surface area contributed by atoms with Gasteiger partial charge in [0.15, 0.2) is 11.6 Å². The van der Waals surface area contributed by atoms with E-state index in [9.17, 15) is 27.9 Å². The first-order chi connectivity index (χ1) is 15.9. The summed E-state index contributed by atoms with van der Waals surface area (Å²) in [5, 5.41) is 9.82. The van der Waals surface area contributed by atoms with E-state index < -0.39 is 41.5 Å². The van der Waals surface area contributed by atoms with Gasteiger partial charge in [0.2, 0.25) is 0 Å². The number of aromatic hydroxyl groups is 1. The Morgan fingerprint density at radius 1 is 1.09 bits per heavy atom. The third-order valence-corrected chi connectivity index (χ3v) is 5.55. The molecule has 1 aromatic heterocycles. The third kappa shape index (κ3) is 4.85. The van der Waals surface area contributed by atoms with Gasteiger partial charge in [-0.2, -0.15) is 0 Å². The number of phenols is 1. The highest BCUT2D eigenvalue weighted by atomic mass is 19.4. The minimum absolute atomic E-state index is 0.00407. The monoisotopic (exact) mass is 481 g/mol. The smallest absolute Gasteiger partial charge is 0.505 e. The summed E-state index contributed by atoms with van der Waals surface area (Å²) in [5.74, 6) is -4.42. The van der Waals surface area contributed by atoms with Crippen LogP contribution in [0.5, 0.6) is 11.5 Å². The number of rotatable bonds is 6. The van der Waals surface area contributed by atoms with Gasteiger partial charge in [-0.3, -0.25) is 14.2 Å². The number of nitrogens with zero attached hydrogens (tertiary/aromatic N) is 1. The van der Waals surface area contributed by atoms with Gasteiger partial charge < -0.3 is 14.6 Å². The Hall–Kier alpha value is -3.56. The normalized spacial score (nSPS) is 13.5. The van der Waals surface area contributed by atoms with Crippen LogP contribution in [0.3, 0.4) is 0 Å². The van der Waals surface area contributed by atoms with Gasteiger partial charge in [0.05, 0.1) is 17.5 Å². The molecule has 3 rings (SSSR count). The highest BCUT2D eigenvalue weighted by Crippen LogP contribution is 2.38. The lowest BCUT2D eigenvalue weighted by atomic mass is 9.97. The molecule has 1 heterocycles. The average Bonchev–Trinajstić information content (AvgIpc) is 3.06. The molecule has 0 spiro atoms. The summed E-state index contributed by atoms with van der Waals surface area (Å²) in [7, 11) is 0. The van der Waals surface area contributed by atoms with Crippen LogP contribution in [0.15, 0.2) is 36.4 Å². The molecule has 0 fully saturated rings. The Morgan fingerprint density at radius 3 is 2.26 bits per heavy atom. The van der Waals surface area contributed by atoms with Crippen LogP contribution < -0.4 is 4.74 Å². The molecule has 0 aliphatic heterocycles. The predicted octanol–water partition coefficient (Wildman–Crippen LogP) is 5.83. The van der Waals surface area contributed by atoms with E-state index in [-0.39, 0.29) is 33.8 Å². The maximum Gasteiger partial charge on any atom is 0.573 e. The van der Waals surface area contributed by atoms with Gasteiger partial charge in [0.1, 0.15) is 5.75 Å². The van der Waals surface area contributed by atoms with Crippen LogP contribution >= 0.6 is 0 Å². The molecule has 10 heteroatoms. The zero-order chi connectivity index (χ0) is 25.4. The molecule has 182 valence electrons. The Labute approximate surface area is 192 Å². The highest BCUT2D eigenvalue weighted by molar-refractivity contribution is 6.05. The number of halogens is 4. The summed E-state index contributed by atoms with van der Waals surface area (Å²) in [6.45, 7) is 6.57. The number of carbonyl (C=O) groups is 2. The molecule has 34 heavy (non-hydrogen) atoms. The SMILES string of the molecule is CCC(C)OC(=O)C(C)c1c(C)n(C(=O)c2ccc(OC(F)(F)F)cc2)c2ccc(O)c(F)c12. The summed E-state index contributed by atoms with van der Waals surface area (Å²) < 4.78 is 62.6. The van der Waals surface area contributed by atoms with E-state index in [1.807, 2.05) is 6.92 Å². The van der Waals surface area contributed by atoms with E-state index in [1.54, 1.807) is 6.92 Å². The van der Waals surface area contributed by atoms with Crippen LogP contribution in [0.2, 0.25) is 0 Å². The van der Waals surface area contributed by atoms with Crippen LogP contribution in [0.4, 0.5) is 17.6 Å². The van der Waals surface area contributed by atoms with Crippen LogP contribution in [-0.4, -0.2) is 34.0 Å². The first kappa shape index (κ1) is 25.1. The lowest BCUT2D eigenvalue weighted by Crippen LogP contribution is -2.20. The summed E-state index contributed by atoms with van der Waals surface area (Å²) in [6.07, 6.45) is -4.69. The fourth-order valence-electron chi connectivity index (χ4n) is 3.70. The molecule has 3 aromatic rings. The van der Waals surface area contributed by atoms with E-state index in [0.717, 1.165) is 34.9 Å². The van der Waals surface area contributed by atoms with Crippen molar-refractivity contribution in [1.82, 2.24) is 4.57 Å². The van der Waals surface area contributed by atoms with Gasteiger partial charge in [0, 0.05) is 16.6 Å². The van der Waals surface area contributed by atoms with Crippen LogP contribution in [-0.2, 0) is 9.53 Å². The Kier molecular flexibility index (Phi) is 6.90. The van der Waals surface area contributed by atoms with E-state index in [1.165, 1.54) is 19.9 Å². The van der Waals surface area contributed by atoms with Crippen molar-refractivity contribution in [2.75, 3.05) is 0 Å². The maximum absolute atomic E-state index is 15.0. The topological polar surface area (TPSA) is 77.8 Å². The molecule has 0 amide bonds. The largest absolute Gasteiger partial charge is 0.573 e. The van der Waals surface area contributed by atoms with E-state index in [2.05, 4.69) is 4.74 Å². The molecule has 2 atom stereocenters. The first-order valence-corrected chi connectivity index (χ1v) is 10.5. The molecule has 0 aliphatic carbocycles. The Balaban J connectivity index is 2.12. The van der Waals surface area contributed by atoms with Crippen molar-refractivity contribution in [3.8, 4) is 11.5 Å². The number of phenolic OH excluding ortho intramolecular Hbond substituents is 1. The average molecular weight is 481 g/mol. The summed E-state index contributed by atoms with van der Waals surface area (Å²) in [6, 6.07) is 6.67. The number of esters is 1. The second-order valence-corrected chi connectivity index (χ2v) is 7.88. The minimum Gasteiger partial charge on any atom is -0.505 e. The second kappa shape index (κ2) is 9.36. The number of fused-ring (bicyclic) bond motifs is 1. The van der Waals surface area contributed by atoms with Crippen molar-refractivity contribution < 1.29 is 41.7 Å². The number of hydrogen-bond acceptors (Lipinski definition) is 5. The molecule has 0 radical (unpaired) electrons. The second-order valence-electron chi connectivity index (χ2n) is 7.88. The summed E-state index contributed by atoms with van der Waals surface area (Å²) >= 11 is 0. The van der Waals surface area contributed by atoms with Crippen molar-refractivity contribution in [3.05, 3.63) is 59.0 Å². The van der Waals surface area contributed by atoms with Crippen LogP contribution in [0.25, 0.3) is 10.9 Å². The molecular weight excluding hydrogens is 458 g/mol.